The fourth-order valence-corrected chi connectivity index (χ4v) is 1.78. The summed E-state index contributed by atoms with van der Waals surface area (Å²) in [7, 11) is 0. The van der Waals surface area contributed by atoms with E-state index < -0.39 is 0 Å². The van der Waals surface area contributed by atoms with Gasteiger partial charge in [0.15, 0.2) is 5.96 Å². The second-order valence-corrected chi connectivity index (χ2v) is 6.63. The van der Waals surface area contributed by atoms with E-state index in [9.17, 15) is 0 Å². The zero-order valence-electron chi connectivity index (χ0n) is 14.3. The minimum atomic E-state index is -0.221. The maximum absolute atomic E-state index is 5.95. The number of nitrogens with zero attached hydrogens (tertiary/aromatic N) is 1. The summed E-state index contributed by atoms with van der Waals surface area (Å²) >= 11 is 0. The van der Waals surface area contributed by atoms with E-state index in [1.54, 1.807) is 0 Å². The lowest BCUT2D eigenvalue weighted by Gasteiger charge is -2.23. The second kappa shape index (κ2) is 9.92. The molecule has 0 heterocycles. The topological polar surface area (TPSA) is 59.6 Å². The molecule has 0 atom stereocenters. The monoisotopic (exact) mass is 419 g/mol. The third-order valence-electron chi connectivity index (χ3n) is 2.84. The van der Waals surface area contributed by atoms with Gasteiger partial charge in [-0.2, -0.15) is 0 Å². The van der Waals surface area contributed by atoms with E-state index in [1.165, 1.54) is 0 Å². The van der Waals surface area contributed by atoms with Gasteiger partial charge in [-0.1, -0.05) is 32.0 Å². The molecule has 1 aromatic rings. The number of benzene rings is 1. The highest BCUT2D eigenvalue weighted by atomic mass is 127. The van der Waals surface area contributed by atoms with Gasteiger partial charge in [-0.3, -0.25) is 0 Å². The molecular formula is C17H30IN3O. The van der Waals surface area contributed by atoms with Gasteiger partial charge in [-0.05, 0) is 39.2 Å². The first-order valence-corrected chi connectivity index (χ1v) is 7.58. The van der Waals surface area contributed by atoms with Crippen LogP contribution in [0.2, 0.25) is 0 Å². The minimum absolute atomic E-state index is 0. The van der Waals surface area contributed by atoms with Crippen LogP contribution in [0, 0.1) is 5.92 Å². The van der Waals surface area contributed by atoms with E-state index in [0.717, 1.165) is 24.3 Å². The summed E-state index contributed by atoms with van der Waals surface area (Å²) in [4.78, 5) is 4.39. The summed E-state index contributed by atoms with van der Waals surface area (Å²) in [6, 6.07) is 7.95. The Kier molecular flexibility index (Phi) is 9.48. The van der Waals surface area contributed by atoms with Crippen molar-refractivity contribution in [2.45, 2.75) is 53.2 Å². The van der Waals surface area contributed by atoms with Crippen LogP contribution in [-0.4, -0.2) is 18.1 Å². The van der Waals surface area contributed by atoms with Crippen molar-refractivity contribution in [1.82, 2.24) is 5.32 Å². The van der Waals surface area contributed by atoms with Gasteiger partial charge in [-0.15, -0.1) is 24.0 Å². The second-order valence-electron chi connectivity index (χ2n) is 6.63. The number of ether oxygens (including phenoxy) is 1. The number of nitrogens with two attached hydrogens (primary N) is 1. The molecule has 0 saturated heterocycles. The van der Waals surface area contributed by atoms with Gasteiger partial charge in [0.25, 0.3) is 0 Å². The van der Waals surface area contributed by atoms with Crippen molar-refractivity contribution in [3.63, 3.8) is 0 Å². The Bertz CT molecular complexity index is 467. The van der Waals surface area contributed by atoms with Crippen LogP contribution in [-0.2, 0) is 6.54 Å². The maximum Gasteiger partial charge on any atom is 0.188 e. The van der Waals surface area contributed by atoms with Crippen molar-refractivity contribution in [2.24, 2.45) is 16.6 Å². The summed E-state index contributed by atoms with van der Waals surface area (Å²) in [5, 5.41) is 3.14. The molecule has 0 saturated carbocycles. The summed E-state index contributed by atoms with van der Waals surface area (Å²) in [5.74, 6) is 2.01. The molecule has 0 aliphatic carbocycles. The molecule has 3 N–H and O–H groups in total. The van der Waals surface area contributed by atoms with Crippen molar-refractivity contribution in [1.29, 1.82) is 0 Å². The number of halogens is 1. The Balaban J connectivity index is 0.00000441. The van der Waals surface area contributed by atoms with Crippen LogP contribution in [0.1, 0.15) is 46.6 Å². The highest BCUT2D eigenvalue weighted by Gasteiger charge is 2.14. The van der Waals surface area contributed by atoms with Gasteiger partial charge in [0, 0.05) is 12.1 Å². The van der Waals surface area contributed by atoms with E-state index in [4.69, 9.17) is 10.5 Å². The fraction of sp³-hybridized carbons (Fsp3) is 0.588. The molecular weight excluding hydrogens is 389 g/mol. The van der Waals surface area contributed by atoms with Crippen molar-refractivity contribution in [3.05, 3.63) is 29.8 Å². The zero-order chi connectivity index (χ0) is 15.9. The van der Waals surface area contributed by atoms with E-state index >= 15 is 0 Å². The quantitative estimate of drug-likeness (QED) is 0.417. The van der Waals surface area contributed by atoms with Crippen LogP contribution in [0.25, 0.3) is 0 Å². The third kappa shape index (κ3) is 9.12. The predicted octanol–water partition coefficient (Wildman–Crippen LogP) is 3.93. The maximum atomic E-state index is 5.95. The van der Waals surface area contributed by atoms with Crippen LogP contribution >= 0.6 is 24.0 Å². The average Bonchev–Trinajstić information content (AvgIpc) is 2.35. The molecule has 1 rings (SSSR count). The molecule has 1 aromatic carbocycles. The summed E-state index contributed by atoms with van der Waals surface area (Å²) in [5.41, 5.74) is 6.70. The van der Waals surface area contributed by atoms with Crippen molar-refractivity contribution in [2.75, 3.05) is 6.54 Å². The van der Waals surface area contributed by atoms with Crippen molar-refractivity contribution in [3.8, 4) is 5.75 Å². The Labute approximate surface area is 151 Å². The summed E-state index contributed by atoms with van der Waals surface area (Å²) < 4.78 is 5.95. The fourth-order valence-electron chi connectivity index (χ4n) is 1.78. The molecule has 4 nitrogen and oxygen atoms in total. The standard InChI is InChI=1S/C17H29N3O.HI/c1-13(2)10-11-19-16(18)20-12-14-8-6-7-9-15(14)21-17(3,4)5;/h6-9,13H,10-12H2,1-5H3,(H3,18,19,20);1H. The molecule has 5 heteroatoms. The van der Waals surface area contributed by atoms with E-state index in [1.807, 2.05) is 45.0 Å². The van der Waals surface area contributed by atoms with Crippen LogP contribution in [0.5, 0.6) is 5.75 Å². The number of aliphatic imine (C=N–C) groups is 1. The molecule has 126 valence electrons. The highest BCUT2D eigenvalue weighted by molar-refractivity contribution is 14.0. The van der Waals surface area contributed by atoms with Gasteiger partial charge in [0.2, 0.25) is 0 Å². The normalized spacial score (nSPS) is 12.0. The van der Waals surface area contributed by atoms with Crippen LogP contribution in [0.4, 0.5) is 0 Å². The summed E-state index contributed by atoms with van der Waals surface area (Å²) in [6.07, 6.45) is 1.08. The lowest BCUT2D eigenvalue weighted by atomic mass is 10.1. The molecule has 0 spiro atoms. The molecule has 0 aliphatic heterocycles. The van der Waals surface area contributed by atoms with E-state index in [-0.39, 0.29) is 29.6 Å². The van der Waals surface area contributed by atoms with Gasteiger partial charge >= 0.3 is 0 Å². The Morgan fingerprint density at radius 3 is 2.50 bits per heavy atom. The number of para-hydroxylation sites is 1. The minimum Gasteiger partial charge on any atom is -0.488 e. The van der Waals surface area contributed by atoms with Crippen LogP contribution in [0.15, 0.2) is 29.3 Å². The number of guanidine groups is 1. The zero-order valence-corrected chi connectivity index (χ0v) is 16.7. The molecule has 0 amide bonds. The molecule has 0 aliphatic rings. The van der Waals surface area contributed by atoms with Crippen LogP contribution in [0.3, 0.4) is 0 Å². The number of nitrogens with one attached hydrogen (secondary N) is 1. The number of hydrogen-bond acceptors (Lipinski definition) is 2. The van der Waals surface area contributed by atoms with E-state index in [2.05, 4.69) is 24.2 Å². The molecule has 22 heavy (non-hydrogen) atoms. The molecule has 0 bridgehead atoms. The van der Waals surface area contributed by atoms with Gasteiger partial charge in [0.05, 0.1) is 6.54 Å². The van der Waals surface area contributed by atoms with Crippen molar-refractivity contribution >= 4 is 29.9 Å². The number of hydrogen-bond donors (Lipinski definition) is 2. The third-order valence-corrected chi connectivity index (χ3v) is 2.84. The SMILES string of the molecule is CC(C)CCNC(N)=NCc1ccccc1OC(C)(C)C.I. The summed E-state index contributed by atoms with van der Waals surface area (Å²) in [6.45, 7) is 11.9. The van der Waals surface area contributed by atoms with Gasteiger partial charge in [-0.25, -0.2) is 4.99 Å². The van der Waals surface area contributed by atoms with E-state index in [0.29, 0.717) is 18.4 Å². The van der Waals surface area contributed by atoms with Gasteiger partial charge in [0.1, 0.15) is 11.4 Å². The molecule has 0 fully saturated rings. The smallest absolute Gasteiger partial charge is 0.188 e. The molecule has 0 unspecified atom stereocenters. The first kappa shape index (κ1) is 21.0. The number of rotatable bonds is 6. The largest absolute Gasteiger partial charge is 0.488 e. The first-order valence-electron chi connectivity index (χ1n) is 7.58. The first-order chi connectivity index (χ1) is 9.78. The van der Waals surface area contributed by atoms with Crippen LogP contribution < -0.4 is 15.8 Å². The highest BCUT2D eigenvalue weighted by Crippen LogP contribution is 2.23. The Morgan fingerprint density at radius 2 is 1.91 bits per heavy atom. The predicted molar refractivity (Wildman–Crippen MR) is 105 cm³/mol. The van der Waals surface area contributed by atoms with Crippen molar-refractivity contribution < 1.29 is 4.74 Å². The molecule has 0 radical (unpaired) electrons. The lowest BCUT2D eigenvalue weighted by Crippen LogP contribution is -2.33. The average molecular weight is 419 g/mol. The molecule has 0 aromatic heterocycles. The Hall–Kier alpha value is -0.980. The lowest BCUT2D eigenvalue weighted by molar-refractivity contribution is 0.129. The Morgan fingerprint density at radius 1 is 1.27 bits per heavy atom. The van der Waals surface area contributed by atoms with Gasteiger partial charge < -0.3 is 15.8 Å².